The van der Waals surface area contributed by atoms with Gasteiger partial charge < -0.3 is 9.88 Å². The van der Waals surface area contributed by atoms with Crippen LogP contribution in [-0.2, 0) is 31.2 Å². The van der Waals surface area contributed by atoms with Crippen molar-refractivity contribution in [2.75, 3.05) is 19.6 Å². The maximum absolute atomic E-state index is 13.4. The molecule has 1 aromatic carbocycles. The first-order chi connectivity index (χ1) is 12.8. The lowest BCUT2D eigenvalue weighted by molar-refractivity contribution is 0.258. The monoisotopic (exact) mass is 426 g/mol. The van der Waals surface area contributed by atoms with Crippen molar-refractivity contribution in [2.45, 2.75) is 10.9 Å². The smallest absolute Gasteiger partial charge is 0.328 e. The molecule has 28 heavy (non-hydrogen) atoms. The fourth-order valence-electron chi connectivity index (χ4n) is 3.67. The van der Waals surface area contributed by atoms with Crippen molar-refractivity contribution >= 4 is 33.5 Å². The Kier molecular flexibility index (Phi) is 5.41. The largest absolute Gasteiger partial charge is 0.337 e. The van der Waals surface area contributed by atoms with Gasteiger partial charge in [0, 0.05) is 53.2 Å². The summed E-state index contributed by atoms with van der Waals surface area (Å²) in [5.41, 5.74) is 1.10. The maximum Gasteiger partial charge on any atom is 0.328 e. The van der Waals surface area contributed by atoms with Crippen LogP contribution >= 0.6 is 12.4 Å². The second kappa shape index (κ2) is 7.36. The minimum atomic E-state index is -3.75. The molecule has 1 unspecified atom stereocenters. The van der Waals surface area contributed by atoms with Gasteiger partial charge in [-0.15, -0.1) is 12.4 Å². The Hall–Kier alpha value is -2.14. The zero-order chi connectivity index (χ0) is 19.3. The molecule has 4 rings (SSSR count). The van der Waals surface area contributed by atoms with Crippen molar-refractivity contribution < 1.29 is 8.42 Å². The molecule has 1 atom stereocenters. The molecule has 0 amide bonds. The molecule has 1 saturated heterocycles. The Bertz CT molecular complexity index is 1180. The van der Waals surface area contributed by atoms with Gasteiger partial charge in [0.2, 0.25) is 10.0 Å². The summed E-state index contributed by atoms with van der Waals surface area (Å²) in [5.74, 6) is 0.693. The molecule has 1 N–H and O–H groups in total. The van der Waals surface area contributed by atoms with E-state index in [9.17, 15) is 13.2 Å². The molecule has 0 spiro atoms. The minimum Gasteiger partial charge on any atom is -0.337 e. The van der Waals surface area contributed by atoms with Crippen LogP contribution in [0, 0.1) is 0 Å². The van der Waals surface area contributed by atoms with Gasteiger partial charge in [-0.25, -0.2) is 18.2 Å². The highest BCUT2D eigenvalue weighted by Crippen LogP contribution is 2.29. The van der Waals surface area contributed by atoms with Crippen LogP contribution in [0.1, 0.15) is 11.9 Å². The van der Waals surface area contributed by atoms with Gasteiger partial charge >= 0.3 is 5.69 Å². The highest BCUT2D eigenvalue weighted by molar-refractivity contribution is 7.89. The predicted octanol–water partition coefficient (Wildman–Crippen LogP) is 0.368. The predicted molar refractivity (Wildman–Crippen MR) is 108 cm³/mol. The molecule has 1 aliphatic rings. The van der Waals surface area contributed by atoms with E-state index in [-0.39, 0.29) is 29.0 Å². The molecule has 2 aromatic heterocycles. The Labute approximate surface area is 169 Å². The summed E-state index contributed by atoms with van der Waals surface area (Å²) < 4.78 is 33.1. The number of hydrogen-bond donors (Lipinski definition) is 1. The van der Waals surface area contributed by atoms with E-state index in [1.807, 2.05) is 11.6 Å². The molecule has 3 heterocycles. The lowest BCUT2D eigenvalue weighted by Crippen LogP contribution is -2.49. The van der Waals surface area contributed by atoms with Gasteiger partial charge in [0.25, 0.3) is 0 Å². The molecule has 1 aliphatic heterocycles. The molecule has 0 radical (unpaired) electrons. The average Bonchev–Trinajstić information content (AvgIpc) is 3.19. The van der Waals surface area contributed by atoms with E-state index in [1.54, 1.807) is 44.7 Å². The van der Waals surface area contributed by atoms with Gasteiger partial charge in [0.05, 0.1) is 22.0 Å². The first-order valence-electron chi connectivity index (χ1n) is 8.67. The molecule has 3 aromatic rings. The van der Waals surface area contributed by atoms with Crippen LogP contribution in [-0.4, -0.2) is 51.0 Å². The number of benzene rings is 1. The Morgan fingerprint density at radius 3 is 2.54 bits per heavy atom. The van der Waals surface area contributed by atoms with Gasteiger partial charge in [-0.1, -0.05) is 0 Å². The Balaban J connectivity index is 0.00000225. The SMILES string of the molecule is Cl.Cn1ccnc1C1CNCCN1S(=O)(=O)c1ccc2c(c1)n(C)c(=O)n2C. The lowest BCUT2D eigenvalue weighted by Gasteiger charge is -2.34. The second-order valence-electron chi connectivity index (χ2n) is 6.78. The topological polar surface area (TPSA) is 94.2 Å². The average molecular weight is 427 g/mol. The van der Waals surface area contributed by atoms with E-state index >= 15 is 0 Å². The second-order valence-corrected chi connectivity index (χ2v) is 8.67. The molecule has 11 heteroatoms. The van der Waals surface area contributed by atoms with Crippen molar-refractivity contribution in [3.05, 3.63) is 46.9 Å². The lowest BCUT2D eigenvalue weighted by atomic mass is 10.2. The van der Waals surface area contributed by atoms with E-state index in [0.29, 0.717) is 36.5 Å². The van der Waals surface area contributed by atoms with E-state index < -0.39 is 10.0 Å². The van der Waals surface area contributed by atoms with E-state index in [0.717, 1.165) is 0 Å². The summed E-state index contributed by atoms with van der Waals surface area (Å²) in [5, 5.41) is 3.25. The summed E-state index contributed by atoms with van der Waals surface area (Å²) in [6.45, 7) is 1.42. The summed E-state index contributed by atoms with van der Waals surface area (Å²) in [4.78, 5) is 16.7. The number of nitrogens with zero attached hydrogens (tertiary/aromatic N) is 5. The van der Waals surface area contributed by atoms with Crippen LogP contribution in [0.2, 0.25) is 0 Å². The summed E-state index contributed by atoms with van der Waals surface area (Å²) >= 11 is 0. The fourth-order valence-corrected chi connectivity index (χ4v) is 5.28. The Morgan fingerprint density at radius 1 is 1.14 bits per heavy atom. The molecule has 9 nitrogen and oxygen atoms in total. The van der Waals surface area contributed by atoms with E-state index in [2.05, 4.69) is 10.3 Å². The van der Waals surface area contributed by atoms with Gasteiger partial charge in [0.1, 0.15) is 5.82 Å². The van der Waals surface area contributed by atoms with Gasteiger partial charge in [-0.05, 0) is 18.2 Å². The number of sulfonamides is 1. The van der Waals surface area contributed by atoms with E-state index in [1.165, 1.54) is 13.4 Å². The molecular formula is C17H23ClN6O3S. The van der Waals surface area contributed by atoms with Crippen LogP contribution < -0.4 is 11.0 Å². The highest BCUT2D eigenvalue weighted by Gasteiger charge is 2.36. The summed E-state index contributed by atoms with van der Waals surface area (Å²) in [7, 11) is 1.42. The van der Waals surface area contributed by atoms with Crippen LogP contribution in [0.3, 0.4) is 0 Å². The maximum atomic E-state index is 13.4. The minimum absolute atomic E-state index is 0. The van der Waals surface area contributed by atoms with Crippen molar-refractivity contribution in [1.82, 2.24) is 28.3 Å². The third-order valence-corrected chi connectivity index (χ3v) is 7.10. The van der Waals surface area contributed by atoms with Crippen molar-refractivity contribution in [3.8, 4) is 0 Å². The van der Waals surface area contributed by atoms with Gasteiger partial charge in [-0.2, -0.15) is 4.31 Å². The number of nitrogens with one attached hydrogen (secondary N) is 1. The van der Waals surface area contributed by atoms with Crippen LogP contribution in [0.5, 0.6) is 0 Å². The third kappa shape index (κ3) is 3.06. The zero-order valence-electron chi connectivity index (χ0n) is 15.9. The summed E-state index contributed by atoms with van der Waals surface area (Å²) in [6.07, 6.45) is 3.47. The molecular weight excluding hydrogens is 404 g/mol. The summed E-state index contributed by atoms with van der Waals surface area (Å²) in [6, 6.07) is 4.43. The number of halogens is 1. The van der Waals surface area contributed by atoms with Gasteiger partial charge in [0.15, 0.2) is 0 Å². The van der Waals surface area contributed by atoms with Gasteiger partial charge in [-0.3, -0.25) is 9.13 Å². The molecule has 0 saturated carbocycles. The first kappa shape index (κ1) is 20.6. The number of piperazine rings is 1. The zero-order valence-corrected chi connectivity index (χ0v) is 17.5. The van der Waals surface area contributed by atoms with Crippen molar-refractivity contribution in [2.24, 2.45) is 21.1 Å². The quantitative estimate of drug-likeness (QED) is 0.653. The van der Waals surface area contributed by atoms with E-state index in [4.69, 9.17) is 0 Å². The van der Waals surface area contributed by atoms with Crippen LogP contribution in [0.4, 0.5) is 0 Å². The van der Waals surface area contributed by atoms with Crippen LogP contribution in [0.25, 0.3) is 11.0 Å². The van der Waals surface area contributed by atoms with Crippen molar-refractivity contribution in [1.29, 1.82) is 0 Å². The standard InChI is InChI=1S/C17H22N6O3S.ClH/c1-20-8-7-19-16(20)15-11-18-6-9-23(15)27(25,26)12-4-5-13-14(10-12)22(3)17(24)21(13)2;/h4-5,7-8,10,15,18H,6,9,11H2,1-3H3;1H. The number of imidazole rings is 2. The third-order valence-electron chi connectivity index (χ3n) is 5.20. The molecule has 1 fully saturated rings. The fraction of sp³-hybridized carbons (Fsp3) is 0.412. The number of aryl methyl sites for hydroxylation is 3. The number of aromatic nitrogens is 4. The normalized spacial score (nSPS) is 18.3. The van der Waals surface area contributed by atoms with Crippen LogP contribution in [0.15, 0.2) is 40.3 Å². The highest BCUT2D eigenvalue weighted by atomic mass is 35.5. The van der Waals surface area contributed by atoms with Crippen molar-refractivity contribution in [3.63, 3.8) is 0 Å². The Morgan fingerprint density at radius 2 is 1.86 bits per heavy atom. The first-order valence-corrected chi connectivity index (χ1v) is 10.1. The number of fused-ring (bicyclic) bond motifs is 1. The molecule has 0 aliphatic carbocycles. The molecule has 0 bridgehead atoms. The molecule has 152 valence electrons. The number of rotatable bonds is 3. The number of hydrogen-bond acceptors (Lipinski definition) is 5.